The highest BCUT2D eigenvalue weighted by atomic mass is 32.2. The van der Waals surface area contributed by atoms with Gasteiger partial charge in [-0.3, -0.25) is 0 Å². The molecule has 0 saturated carbocycles. The third kappa shape index (κ3) is 2.49. The van der Waals surface area contributed by atoms with E-state index in [4.69, 9.17) is 0 Å². The minimum Gasteiger partial charge on any atom is -0.237 e. The maximum atomic E-state index is 13.0. The van der Waals surface area contributed by atoms with Gasteiger partial charge in [-0.05, 0) is 19.1 Å². The average Bonchev–Trinajstić information content (AvgIpc) is 3.01. The van der Waals surface area contributed by atoms with Crippen LogP contribution in [-0.2, 0) is 23.0 Å². The van der Waals surface area contributed by atoms with E-state index >= 15 is 0 Å². The Bertz CT molecular complexity index is 1130. The molecule has 0 aliphatic carbocycles. The van der Waals surface area contributed by atoms with Gasteiger partial charge in [0, 0.05) is 37.3 Å². The molecule has 7 nitrogen and oxygen atoms in total. The van der Waals surface area contributed by atoms with Gasteiger partial charge >= 0.3 is 0 Å². The van der Waals surface area contributed by atoms with Crippen LogP contribution in [0.4, 0.5) is 0 Å². The predicted octanol–water partition coefficient (Wildman–Crippen LogP) is 1.66. The quantitative estimate of drug-likeness (QED) is 0.699. The first-order chi connectivity index (χ1) is 12.0. The molecule has 0 spiro atoms. The Morgan fingerprint density at radius 1 is 1.28 bits per heavy atom. The summed E-state index contributed by atoms with van der Waals surface area (Å²) in [5, 5.41) is 13.6. The van der Waals surface area contributed by atoms with Crippen LogP contribution in [0.3, 0.4) is 0 Å². The SMILES string of the molecule is Cc1cc2ncc3c(n2n1)CCN(S(=O)(=O)c1ccccc1C#N)C3. The Kier molecular flexibility index (Phi) is 3.56. The number of rotatable bonds is 2. The van der Waals surface area contributed by atoms with Gasteiger partial charge in [-0.15, -0.1) is 0 Å². The highest BCUT2D eigenvalue weighted by molar-refractivity contribution is 7.89. The fraction of sp³-hybridized carbons (Fsp3) is 0.235. The van der Waals surface area contributed by atoms with Crippen LogP contribution in [0.15, 0.2) is 41.4 Å². The van der Waals surface area contributed by atoms with Gasteiger partial charge in [0.05, 0.1) is 21.8 Å². The van der Waals surface area contributed by atoms with Gasteiger partial charge in [-0.1, -0.05) is 12.1 Å². The molecule has 0 unspecified atom stereocenters. The van der Waals surface area contributed by atoms with E-state index in [0.29, 0.717) is 13.0 Å². The number of hydrogen-bond acceptors (Lipinski definition) is 5. The van der Waals surface area contributed by atoms with E-state index in [-0.39, 0.29) is 17.0 Å². The fourth-order valence-electron chi connectivity index (χ4n) is 3.16. The minimum absolute atomic E-state index is 0.0462. The first-order valence-electron chi connectivity index (χ1n) is 7.83. The molecule has 25 heavy (non-hydrogen) atoms. The summed E-state index contributed by atoms with van der Waals surface area (Å²) < 4.78 is 29.1. The zero-order valence-electron chi connectivity index (χ0n) is 13.5. The molecule has 1 aliphatic rings. The summed E-state index contributed by atoms with van der Waals surface area (Å²) in [7, 11) is -3.74. The first-order valence-corrected chi connectivity index (χ1v) is 9.27. The largest absolute Gasteiger partial charge is 0.244 e. The van der Waals surface area contributed by atoms with Crippen molar-refractivity contribution in [2.75, 3.05) is 6.54 Å². The van der Waals surface area contributed by atoms with Gasteiger partial charge in [-0.2, -0.15) is 14.7 Å². The van der Waals surface area contributed by atoms with Crippen molar-refractivity contribution in [1.82, 2.24) is 18.9 Å². The molecule has 0 atom stereocenters. The lowest BCUT2D eigenvalue weighted by Crippen LogP contribution is -2.37. The Hall–Kier alpha value is -2.76. The van der Waals surface area contributed by atoms with Crippen LogP contribution in [0.2, 0.25) is 0 Å². The molecule has 4 rings (SSSR count). The summed E-state index contributed by atoms with van der Waals surface area (Å²) in [6.07, 6.45) is 2.26. The van der Waals surface area contributed by atoms with E-state index in [1.165, 1.54) is 16.4 Å². The van der Waals surface area contributed by atoms with Crippen molar-refractivity contribution in [2.45, 2.75) is 24.8 Å². The van der Waals surface area contributed by atoms with Crippen LogP contribution in [0, 0.1) is 18.3 Å². The van der Waals surface area contributed by atoms with E-state index < -0.39 is 10.0 Å². The van der Waals surface area contributed by atoms with Gasteiger partial charge in [0.15, 0.2) is 5.65 Å². The topological polar surface area (TPSA) is 91.4 Å². The van der Waals surface area contributed by atoms with Crippen LogP contribution in [0.25, 0.3) is 5.65 Å². The van der Waals surface area contributed by atoms with E-state index in [9.17, 15) is 13.7 Å². The summed E-state index contributed by atoms with van der Waals surface area (Å²) in [5.41, 5.74) is 3.61. The minimum atomic E-state index is -3.74. The van der Waals surface area contributed by atoms with Crippen molar-refractivity contribution in [3.05, 3.63) is 59.0 Å². The highest BCUT2D eigenvalue weighted by Gasteiger charge is 2.31. The number of nitriles is 1. The number of fused-ring (bicyclic) bond motifs is 3. The summed E-state index contributed by atoms with van der Waals surface area (Å²) in [6.45, 7) is 2.46. The maximum absolute atomic E-state index is 13.0. The van der Waals surface area contributed by atoms with Gasteiger partial charge < -0.3 is 0 Å². The molecule has 1 aromatic carbocycles. The van der Waals surface area contributed by atoms with Gasteiger partial charge in [0.1, 0.15) is 6.07 Å². The molecule has 0 fully saturated rings. The van der Waals surface area contributed by atoms with Crippen molar-refractivity contribution >= 4 is 15.7 Å². The molecular formula is C17H15N5O2S. The first kappa shape index (κ1) is 15.7. The molecule has 3 heterocycles. The Balaban J connectivity index is 1.75. The number of aromatic nitrogens is 3. The molecule has 3 aromatic rings. The lowest BCUT2D eigenvalue weighted by molar-refractivity contribution is 0.384. The highest BCUT2D eigenvalue weighted by Crippen LogP contribution is 2.26. The van der Waals surface area contributed by atoms with Gasteiger partial charge in [0.25, 0.3) is 0 Å². The molecule has 2 aromatic heterocycles. The van der Waals surface area contributed by atoms with Crippen molar-refractivity contribution in [3.63, 3.8) is 0 Å². The van der Waals surface area contributed by atoms with Crippen molar-refractivity contribution in [2.24, 2.45) is 0 Å². The van der Waals surface area contributed by atoms with Crippen molar-refractivity contribution in [1.29, 1.82) is 5.26 Å². The monoisotopic (exact) mass is 353 g/mol. The van der Waals surface area contributed by atoms with E-state index in [0.717, 1.165) is 22.6 Å². The summed E-state index contributed by atoms with van der Waals surface area (Å²) in [4.78, 5) is 4.41. The lowest BCUT2D eigenvalue weighted by Gasteiger charge is -2.28. The molecular weight excluding hydrogens is 338 g/mol. The van der Waals surface area contributed by atoms with Crippen LogP contribution < -0.4 is 0 Å². The molecule has 0 saturated heterocycles. The number of aryl methyl sites for hydroxylation is 1. The number of nitrogens with zero attached hydrogens (tertiary/aromatic N) is 5. The Labute approximate surface area is 145 Å². The molecule has 0 N–H and O–H groups in total. The third-order valence-electron chi connectivity index (χ3n) is 4.36. The summed E-state index contributed by atoms with van der Waals surface area (Å²) in [5.74, 6) is 0. The number of hydrogen-bond donors (Lipinski definition) is 0. The summed E-state index contributed by atoms with van der Waals surface area (Å²) >= 11 is 0. The van der Waals surface area contributed by atoms with E-state index in [2.05, 4.69) is 10.1 Å². The molecule has 126 valence electrons. The second-order valence-electron chi connectivity index (χ2n) is 5.98. The van der Waals surface area contributed by atoms with E-state index in [1.807, 2.05) is 19.1 Å². The average molecular weight is 353 g/mol. The Morgan fingerprint density at radius 3 is 2.88 bits per heavy atom. The van der Waals surface area contributed by atoms with Crippen molar-refractivity contribution < 1.29 is 8.42 Å². The second-order valence-corrected chi connectivity index (χ2v) is 7.89. The third-order valence-corrected chi connectivity index (χ3v) is 6.27. The van der Waals surface area contributed by atoms with Crippen LogP contribution in [0.5, 0.6) is 0 Å². The summed E-state index contributed by atoms with van der Waals surface area (Å²) in [6, 6.07) is 10.1. The number of benzene rings is 1. The van der Waals surface area contributed by atoms with Gasteiger partial charge in [-0.25, -0.2) is 17.9 Å². The zero-order chi connectivity index (χ0) is 17.6. The smallest absolute Gasteiger partial charge is 0.237 e. The molecule has 0 bridgehead atoms. The van der Waals surface area contributed by atoms with Crippen LogP contribution in [0.1, 0.15) is 22.5 Å². The Morgan fingerprint density at radius 2 is 2.08 bits per heavy atom. The normalized spacial score (nSPS) is 15.0. The molecule has 0 amide bonds. The zero-order valence-corrected chi connectivity index (χ0v) is 14.4. The van der Waals surface area contributed by atoms with Crippen LogP contribution in [-0.4, -0.2) is 33.9 Å². The maximum Gasteiger partial charge on any atom is 0.244 e. The molecule has 1 aliphatic heterocycles. The van der Waals surface area contributed by atoms with E-state index in [1.54, 1.807) is 22.8 Å². The number of sulfonamides is 1. The van der Waals surface area contributed by atoms with Crippen LogP contribution >= 0.6 is 0 Å². The standard InChI is InChI=1S/C17H15N5O2S/c1-12-8-17-19-10-14-11-21(7-6-15(14)22(17)20-12)25(23,24)16-5-3-2-4-13(16)9-18/h2-5,8,10H,6-7,11H2,1H3. The van der Waals surface area contributed by atoms with Crippen molar-refractivity contribution in [3.8, 4) is 6.07 Å². The molecule has 8 heteroatoms. The second kappa shape index (κ2) is 5.65. The lowest BCUT2D eigenvalue weighted by atomic mass is 10.1. The fourth-order valence-corrected chi connectivity index (χ4v) is 4.72. The van der Waals surface area contributed by atoms with Gasteiger partial charge in [0.2, 0.25) is 10.0 Å². The predicted molar refractivity (Wildman–Crippen MR) is 90.2 cm³/mol. The molecule has 0 radical (unpaired) electrons.